The van der Waals surface area contributed by atoms with Gasteiger partial charge in [0.25, 0.3) is 0 Å². The van der Waals surface area contributed by atoms with E-state index in [9.17, 15) is 4.39 Å². The van der Waals surface area contributed by atoms with Crippen LogP contribution in [-0.4, -0.2) is 9.78 Å². The standard InChI is InChI=1S/C14H16FN3/c15-11-5-3-4-10(8-11)9-18-14(16)12-6-1-2-7-13(12)17-18/h3-5,8H,1-2,6-7,9,16H2. The van der Waals surface area contributed by atoms with E-state index in [1.807, 2.05) is 6.07 Å². The van der Waals surface area contributed by atoms with Gasteiger partial charge in [-0.1, -0.05) is 12.1 Å². The fraction of sp³-hybridized carbons (Fsp3) is 0.357. The average molecular weight is 245 g/mol. The van der Waals surface area contributed by atoms with Crippen LogP contribution in [0, 0.1) is 5.82 Å². The van der Waals surface area contributed by atoms with Gasteiger partial charge >= 0.3 is 0 Å². The molecule has 0 saturated heterocycles. The molecule has 2 N–H and O–H groups in total. The number of fused-ring (bicyclic) bond motifs is 1. The van der Waals surface area contributed by atoms with E-state index < -0.39 is 0 Å². The van der Waals surface area contributed by atoms with Crippen LogP contribution in [0.1, 0.15) is 29.7 Å². The van der Waals surface area contributed by atoms with E-state index >= 15 is 0 Å². The third kappa shape index (κ3) is 1.98. The minimum atomic E-state index is -0.219. The molecule has 0 spiro atoms. The van der Waals surface area contributed by atoms with Crippen molar-refractivity contribution in [1.29, 1.82) is 0 Å². The molecule has 3 rings (SSSR count). The Morgan fingerprint density at radius 2 is 2.11 bits per heavy atom. The molecule has 1 aliphatic carbocycles. The highest BCUT2D eigenvalue weighted by Gasteiger charge is 2.18. The first-order chi connectivity index (χ1) is 8.74. The van der Waals surface area contributed by atoms with E-state index in [4.69, 9.17) is 5.73 Å². The van der Waals surface area contributed by atoms with E-state index in [2.05, 4.69) is 5.10 Å². The molecule has 0 aliphatic heterocycles. The van der Waals surface area contributed by atoms with Gasteiger partial charge in [-0.15, -0.1) is 0 Å². The van der Waals surface area contributed by atoms with Gasteiger partial charge in [-0.25, -0.2) is 9.07 Å². The molecule has 0 radical (unpaired) electrons. The summed E-state index contributed by atoms with van der Waals surface area (Å²) < 4.78 is 14.9. The Morgan fingerprint density at radius 1 is 1.28 bits per heavy atom. The fourth-order valence-electron chi connectivity index (χ4n) is 2.56. The first-order valence-corrected chi connectivity index (χ1v) is 6.32. The lowest BCUT2D eigenvalue weighted by molar-refractivity contribution is 0.617. The third-order valence-corrected chi connectivity index (χ3v) is 3.49. The number of nitrogens with two attached hydrogens (primary N) is 1. The van der Waals surface area contributed by atoms with Crippen molar-refractivity contribution >= 4 is 5.82 Å². The molecule has 3 nitrogen and oxygen atoms in total. The molecule has 0 saturated carbocycles. The van der Waals surface area contributed by atoms with E-state index in [0.717, 1.165) is 29.9 Å². The van der Waals surface area contributed by atoms with E-state index in [1.54, 1.807) is 10.7 Å². The van der Waals surface area contributed by atoms with Gasteiger partial charge in [0.05, 0.1) is 12.2 Å². The van der Waals surface area contributed by atoms with Gasteiger partial charge in [0.1, 0.15) is 11.6 Å². The summed E-state index contributed by atoms with van der Waals surface area (Å²) in [5, 5.41) is 4.54. The molecule has 18 heavy (non-hydrogen) atoms. The van der Waals surface area contributed by atoms with E-state index in [0.29, 0.717) is 6.54 Å². The maximum absolute atomic E-state index is 13.1. The Balaban J connectivity index is 1.91. The molecule has 94 valence electrons. The maximum Gasteiger partial charge on any atom is 0.125 e. The molecule has 1 aliphatic rings. The number of benzene rings is 1. The normalized spacial score (nSPS) is 14.5. The monoisotopic (exact) mass is 245 g/mol. The minimum Gasteiger partial charge on any atom is -0.384 e. The second-order valence-corrected chi connectivity index (χ2v) is 4.81. The molecule has 4 heteroatoms. The second kappa shape index (κ2) is 4.44. The summed E-state index contributed by atoms with van der Waals surface area (Å²) in [6.45, 7) is 0.538. The lowest BCUT2D eigenvalue weighted by atomic mass is 9.98. The minimum absolute atomic E-state index is 0.219. The predicted octanol–water partition coefficient (Wildman–Crippen LogP) is 2.53. The van der Waals surface area contributed by atoms with Gasteiger partial charge in [0.15, 0.2) is 0 Å². The van der Waals surface area contributed by atoms with Crippen LogP contribution in [0.2, 0.25) is 0 Å². The number of nitrogen functional groups attached to an aromatic ring is 1. The molecule has 0 amide bonds. The number of aryl methyl sites for hydroxylation is 1. The summed E-state index contributed by atoms with van der Waals surface area (Å²) in [5.41, 5.74) is 9.32. The summed E-state index contributed by atoms with van der Waals surface area (Å²) in [4.78, 5) is 0. The van der Waals surface area contributed by atoms with Gasteiger partial charge in [-0.3, -0.25) is 0 Å². The van der Waals surface area contributed by atoms with Gasteiger partial charge in [-0.2, -0.15) is 5.10 Å². The highest BCUT2D eigenvalue weighted by molar-refractivity contribution is 5.45. The predicted molar refractivity (Wildman–Crippen MR) is 68.8 cm³/mol. The number of rotatable bonds is 2. The summed E-state index contributed by atoms with van der Waals surface area (Å²) in [5.74, 6) is 0.525. The summed E-state index contributed by atoms with van der Waals surface area (Å²) in [7, 11) is 0. The Bertz CT molecular complexity index is 574. The van der Waals surface area contributed by atoms with Gasteiger partial charge in [-0.05, 0) is 43.4 Å². The van der Waals surface area contributed by atoms with Crippen LogP contribution in [0.5, 0.6) is 0 Å². The number of hydrogen-bond donors (Lipinski definition) is 1. The largest absolute Gasteiger partial charge is 0.384 e. The van der Waals surface area contributed by atoms with Crippen molar-refractivity contribution < 1.29 is 4.39 Å². The van der Waals surface area contributed by atoms with Crippen LogP contribution in [-0.2, 0) is 19.4 Å². The second-order valence-electron chi connectivity index (χ2n) is 4.81. The fourth-order valence-corrected chi connectivity index (χ4v) is 2.56. The zero-order chi connectivity index (χ0) is 12.5. The van der Waals surface area contributed by atoms with Crippen molar-refractivity contribution in [2.45, 2.75) is 32.2 Å². The average Bonchev–Trinajstić information content (AvgIpc) is 2.67. The zero-order valence-electron chi connectivity index (χ0n) is 10.2. The highest BCUT2D eigenvalue weighted by atomic mass is 19.1. The van der Waals surface area contributed by atoms with Gasteiger partial charge in [0, 0.05) is 5.56 Å². The van der Waals surface area contributed by atoms with Crippen LogP contribution in [0.3, 0.4) is 0 Å². The van der Waals surface area contributed by atoms with Crippen molar-refractivity contribution in [2.24, 2.45) is 0 Å². The highest BCUT2D eigenvalue weighted by Crippen LogP contribution is 2.26. The Hall–Kier alpha value is -1.84. The molecule has 0 fully saturated rings. The molecule has 1 aromatic heterocycles. The molecular formula is C14H16FN3. The molecule has 0 atom stereocenters. The van der Waals surface area contributed by atoms with E-state index in [1.165, 1.54) is 30.5 Å². The summed E-state index contributed by atoms with van der Waals surface area (Å²) in [6, 6.07) is 6.58. The van der Waals surface area contributed by atoms with Crippen LogP contribution in [0.25, 0.3) is 0 Å². The molecule has 1 aromatic carbocycles. The van der Waals surface area contributed by atoms with Crippen molar-refractivity contribution in [2.75, 3.05) is 5.73 Å². The van der Waals surface area contributed by atoms with Crippen molar-refractivity contribution in [1.82, 2.24) is 9.78 Å². The van der Waals surface area contributed by atoms with Crippen molar-refractivity contribution in [3.05, 3.63) is 46.9 Å². The van der Waals surface area contributed by atoms with Crippen LogP contribution >= 0.6 is 0 Å². The maximum atomic E-state index is 13.1. The smallest absolute Gasteiger partial charge is 0.125 e. The molecule has 0 bridgehead atoms. The number of anilines is 1. The Kier molecular flexibility index (Phi) is 2.78. The van der Waals surface area contributed by atoms with Crippen LogP contribution in [0.15, 0.2) is 24.3 Å². The zero-order valence-corrected chi connectivity index (χ0v) is 10.2. The summed E-state index contributed by atoms with van der Waals surface area (Å²) in [6.07, 6.45) is 4.40. The quantitative estimate of drug-likeness (QED) is 0.883. The third-order valence-electron chi connectivity index (χ3n) is 3.49. The Labute approximate surface area is 105 Å². The Morgan fingerprint density at radius 3 is 2.89 bits per heavy atom. The first-order valence-electron chi connectivity index (χ1n) is 6.32. The number of nitrogens with zero attached hydrogens (tertiary/aromatic N) is 2. The van der Waals surface area contributed by atoms with Crippen molar-refractivity contribution in [3.63, 3.8) is 0 Å². The van der Waals surface area contributed by atoms with E-state index in [-0.39, 0.29) is 5.82 Å². The lowest BCUT2D eigenvalue weighted by Gasteiger charge is -2.08. The van der Waals surface area contributed by atoms with Crippen LogP contribution < -0.4 is 5.73 Å². The number of aromatic nitrogens is 2. The molecular weight excluding hydrogens is 229 g/mol. The SMILES string of the molecule is Nc1c2c(nn1Cc1cccc(F)c1)CCCC2. The first kappa shape index (κ1) is 11.3. The van der Waals surface area contributed by atoms with Gasteiger partial charge < -0.3 is 5.73 Å². The topological polar surface area (TPSA) is 43.8 Å². The number of halogens is 1. The molecule has 2 aromatic rings. The molecule has 1 heterocycles. The number of hydrogen-bond acceptors (Lipinski definition) is 2. The van der Waals surface area contributed by atoms with Crippen molar-refractivity contribution in [3.8, 4) is 0 Å². The summed E-state index contributed by atoms with van der Waals surface area (Å²) >= 11 is 0. The van der Waals surface area contributed by atoms with Gasteiger partial charge in [0.2, 0.25) is 0 Å². The lowest BCUT2D eigenvalue weighted by Crippen LogP contribution is -2.06. The molecule has 0 unspecified atom stereocenters. The van der Waals surface area contributed by atoms with Crippen LogP contribution in [0.4, 0.5) is 10.2 Å².